The van der Waals surface area contributed by atoms with Crippen LogP contribution in [0.15, 0.2) is 12.1 Å². The predicted molar refractivity (Wildman–Crippen MR) is 73.2 cm³/mol. The molecule has 0 radical (unpaired) electrons. The molecule has 106 valence electrons. The van der Waals surface area contributed by atoms with Crippen LogP contribution in [-0.4, -0.2) is 49.8 Å². The van der Waals surface area contributed by atoms with E-state index < -0.39 is 0 Å². The number of carbonyl (C=O) groups is 1. The first-order valence-corrected chi connectivity index (χ1v) is 6.28. The molecule has 0 fully saturated rings. The van der Waals surface area contributed by atoms with Crippen molar-refractivity contribution in [2.75, 3.05) is 33.9 Å². The zero-order valence-corrected chi connectivity index (χ0v) is 12.0. The Labute approximate surface area is 117 Å². The van der Waals surface area contributed by atoms with Gasteiger partial charge in [0.05, 0.1) is 25.8 Å². The summed E-state index contributed by atoms with van der Waals surface area (Å²) in [5.41, 5.74) is 0.401. The van der Waals surface area contributed by atoms with Crippen molar-refractivity contribution in [3.8, 4) is 11.5 Å². The minimum Gasteiger partial charge on any atom is -0.493 e. The molecule has 0 aliphatic heterocycles. The summed E-state index contributed by atoms with van der Waals surface area (Å²) in [5.74, 6) is 0.587. The van der Waals surface area contributed by atoms with E-state index in [4.69, 9.17) is 26.2 Å². The van der Waals surface area contributed by atoms with Gasteiger partial charge in [0.1, 0.15) is 0 Å². The number of hydrogen-bond acceptors (Lipinski definition) is 4. The Hall–Kier alpha value is -1.46. The Morgan fingerprint density at radius 3 is 2.53 bits per heavy atom. The minimum absolute atomic E-state index is 0.0827. The fourth-order valence-electron chi connectivity index (χ4n) is 1.75. The summed E-state index contributed by atoms with van der Waals surface area (Å²) < 4.78 is 10.3. The van der Waals surface area contributed by atoms with E-state index >= 15 is 0 Å². The number of halogens is 1. The van der Waals surface area contributed by atoms with Crippen molar-refractivity contribution in [3.05, 3.63) is 22.7 Å². The van der Waals surface area contributed by atoms with Gasteiger partial charge in [-0.3, -0.25) is 4.79 Å². The molecule has 0 aliphatic rings. The van der Waals surface area contributed by atoms with Gasteiger partial charge in [-0.2, -0.15) is 0 Å². The van der Waals surface area contributed by atoms with Crippen molar-refractivity contribution in [1.82, 2.24) is 4.90 Å². The fraction of sp³-hybridized carbons (Fsp3) is 0.462. The van der Waals surface area contributed by atoms with Crippen LogP contribution in [0.25, 0.3) is 0 Å². The number of nitrogens with zero attached hydrogens (tertiary/aromatic N) is 1. The number of amides is 1. The van der Waals surface area contributed by atoms with Crippen molar-refractivity contribution in [1.29, 1.82) is 0 Å². The van der Waals surface area contributed by atoms with Gasteiger partial charge in [0, 0.05) is 18.7 Å². The maximum absolute atomic E-state index is 12.2. The summed E-state index contributed by atoms with van der Waals surface area (Å²) in [6.07, 6.45) is 0. The van der Waals surface area contributed by atoms with Crippen LogP contribution < -0.4 is 9.47 Å². The summed E-state index contributed by atoms with van der Waals surface area (Å²) >= 11 is 6.06. The maximum atomic E-state index is 12.2. The Balaban J connectivity index is 3.13. The molecule has 0 aliphatic carbocycles. The summed E-state index contributed by atoms with van der Waals surface area (Å²) in [6, 6.07) is 3.11. The van der Waals surface area contributed by atoms with Gasteiger partial charge in [-0.25, -0.2) is 0 Å². The summed E-state index contributed by atoms with van der Waals surface area (Å²) in [6.45, 7) is 2.54. The molecule has 0 bridgehead atoms. The first-order chi connectivity index (χ1) is 9.08. The molecule has 0 heterocycles. The van der Waals surface area contributed by atoms with E-state index in [2.05, 4.69) is 0 Å². The Morgan fingerprint density at radius 2 is 2.05 bits per heavy atom. The molecule has 0 unspecified atom stereocenters. The third-order valence-electron chi connectivity index (χ3n) is 2.72. The lowest BCUT2D eigenvalue weighted by molar-refractivity contribution is 0.0731. The van der Waals surface area contributed by atoms with Crippen molar-refractivity contribution in [2.45, 2.75) is 6.92 Å². The van der Waals surface area contributed by atoms with Gasteiger partial charge in [-0.05, 0) is 19.1 Å². The van der Waals surface area contributed by atoms with Gasteiger partial charge in [0.15, 0.2) is 11.5 Å². The quantitative estimate of drug-likeness (QED) is 0.867. The molecule has 0 spiro atoms. The number of hydrogen-bond donors (Lipinski definition) is 1. The lowest BCUT2D eigenvalue weighted by Gasteiger charge is -2.20. The van der Waals surface area contributed by atoms with Crippen LogP contribution in [0.4, 0.5) is 0 Å². The third kappa shape index (κ3) is 3.52. The smallest absolute Gasteiger partial charge is 0.254 e. The van der Waals surface area contributed by atoms with Crippen molar-refractivity contribution in [3.63, 3.8) is 0 Å². The normalized spacial score (nSPS) is 10.2. The SMILES string of the molecule is CCN(CCO)C(=O)c1cc(Cl)c(OC)c(OC)c1. The molecular weight excluding hydrogens is 270 g/mol. The van der Waals surface area contributed by atoms with Crippen LogP contribution in [0.2, 0.25) is 5.02 Å². The molecule has 0 aromatic heterocycles. The largest absolute Gasteiger partial charge is 0.493 e. The van der Waals surface area contributed by atoms with Crippen LogP contribution in [0, 0.1) is 0 Å². The number of aliphatic hydroxyl groups is 1. The highest BCUT2D eigenvalue weighted by Crippen LogP contribution is 2.36. The van der Waals surface area contributed by atoms with Gasteiger partial charge >= 0.3 is 0 Å². The van der Waals surface area contributed by atoms with Gasteiger partial charge in [0.2, 0.25) is 0 Å². The van der Waals surface area contributed by atoms with Crippen molar-refractivity contribution >= 4 is 17.5 Å². The molecule has 0 saturated carbocycles. The van der Waals surface area contributed by atoms with E-state index in [-0.39, 0.29) is 19.1 Å². The Kier molecular flexibility index (Phi) is 5.92. The topological polar surface area (TPSA) is 59.0 Å². The number of benzene rings is 1. The highest BCUT2D eigenvalue weighted by molar-refractivity contribution is 6.32. The van der Waals surface area contributed by atoms with Crippen LogP contribution in [-0.2, 0) is 0 Å². The molecule has 1 amide bonds. The molecular formula is C13H18ClNO4. The molecule has 1 N–H and O–H groups in total. The molecule has 5 nitrogen and oxygen atoms in total. The van der Waals surface area contributed by atoms with Gasteiger partial charge in [0.25, 0.3) is 5.91 Å². The lowest BCUT2D eigenvalue weighted by atomic mass is 10.1. The predicted octanol–water partition coefficient (Wildman–Crippen LogP) is 1.81. The molecule has 1 aromatic carbocycles. The lowest BCUT2D eigenvalue weighted by Crippen LogP contribution is -2.33. The number of methoxy groups -OCH3 is 2. The highest BCUT2D eigenvalue weighted by atomic mass is 35.5. The number of carbonyl (C=O) groups excluding carboxylic acids is 1. The van der Waals surface area contributed by atoms with Crippen molar-refractivity contribution < 1.29 is 19.4 Å². The molecule has 19 heavy (non-hydrogen) atoms. The third-order valence-corrected chi connectivity index (χ3v) is 3.00. The Morgan fingerprint density at radius 1 is 1.37 bits per heavy atom. The molecule has 6 heteroatoms. The zero-order valence-electron chi connectivity index (χ0n) is 11.3. The summed E-state index contributed by atoms with van der Waals surface area (Å²) in [7, 11) is 2.96. The molecule has 0 saturated heterocycles. The van der Waals surface area contributed by atoms with Crippen LogP contribution in [0.5, 0.6) is 11.5 Å². The van der Waals surface area contributed by atoms with E-state index in [1.807, 2.05) is 6.92 Å². The Bertz CT molecular complexity index is 451. The molecule has 1 rings (SSSR count). The number of rotatable bonds is 6. The summed E-state index contributed by atoms with van der Waals surface area (Å²) in [5, 5.41) is 9.25. The van der Waals surface area contributed by atoms with E-state index in [9.17, 15) is 4.79 Å². The van der Waals surface area contributed by atoms with Gasteiger partial charge in [-0.15, -0.1) is 0 Å². The van der Waals surface area contributed by atoms with E-state index in [1.54, 1.807) is 6.07 Å². The van der Waals surface area contributed by atoms with Crippen LogP contribution >= 0.6 is 11.6 Å². The average Bonchev–Trinajstić information content (AvgIpc) is 2.42. The first kappa shape index (κ1) is 15.6. The van der Waals surface area contributed by atoms with E-state index in [1.165, 1.54) is 25.2 Å². The van der Waals surface area contributed by atoms with Gasteiger partial charge < -0.3 is 19.5 Å². The second kappa shape index (κ2) is 7.21. The fourth-order valence-corrected chi connectivity index (χ4v) is 2.04. The average molecular weight is 288 g/mol. The monoisotopic (exact) mass is 287 g/mol. The molecule has 1 aromatic rings. The van der Waals surface area contributed by atoms with Crippen molar-refractivity contribution in [2.24, 2.45) is 0 Å². The number of aliphatic hydroxyl groups excluding tert-OH is 1. The van der Waals surface area contributed by atoms with Crippen LogP contribution in [0.1, 0.15) is 17.3 Å². The summed E-state index contributed by atoms with van der Waals surface area (Å²) in [4.78, 5) is 13.8. The van der Waals surface area contributed by atoms with Crippen LogP contribution in [0.3, 0.4) is 0 Å². The van der Waals surface area contributed by atoms with Gasteiger partial charge in [-0.1, -0.05) is 11.6 Å². The second-order valence-corrected chi connectivity index (χ2v) is 4.21. The second-order valence-electron chi connectivity index (χ2n) is 3.80. The molecule has 0 atom stereocenters. The standard InChI is InChI=1S/C13H18ClNO4/c1-4-15(5-6-16)13(17)9-7-10(14)12(19-3)11(8-9)18-2/h7-8,16H,4-6H2,1-3H3. The zero-order chi connectivity index (χ0) is 14.4. The maximum Gasteiger partial charge on any atom is 0.254 e. The minimum atomic E-state index is -0.209. The number of likely N-dealkylation sites (N-methyl/N-ethyl adjacent to an activating group) is 1. The highest BCUT2D eigenvalue weighted by Gasteiger charge is 2.18. The van der Waals surface area contributed by atoms with E-state index in [0.717, 1.165) is 0 Å². The van der Waals surface area contributed by atoms with E-state index in [0.29, 0.717) is 28.6 Å². The first-order valence-electron chi connectivity index (χ1n) is 5.90. The number of ether oxygens (including phenoxy) is 2.